The molecule has 1 aliphatic heterocycles. The minimum atomic E-state index is -3.22. The summed E-state index contributed by atoms with van der Waals surface area (Å²) in [7, 11) is -0.107. The van der Waals surface area contributed by atoms with Crippen LogP contribution in [0.5, 0.6) is 0 Å². The van der Waals surface area contributed by atoms with Crippen LogP contribution in [0, 0.1) is 5.92 Å². The van der Waals surface area contributed by atoms with Gasteiger partial charge in [0.1, 0.15) is 0 Å². The average molecular weight is 280 g/mol. The van der Waals surface area contributed by atoms with Gasteiger partial charge in [-0.05, 0) is 31.8 Å². The van der Waals surface area contributed by atoms with Gasteiger partial charge >= 0.3 is 0 Å². The van der Waals surface area contributed by atoms with Crippen molar-refractivity contribution in [1.29, 1.82) is 0 Å². The Morgan fingerprint density at radius 1 is 1.33 bits per heavy atom. The van der Waals surface area contributed by atoms with E-state index < -0.39 is 10.0 Å². The second kappa shape index (κ2) is 8.06. The maximum Gasteiger partial charge on any atom is 0.211 e. The van der Waals surface area contributed by atoms with Crippen LogP contribution in [0.2, 0.25) is 0 Å². The number of hydrogen-bond donors (Lipinski definition) is 2. The van der Waals surface area contributed by atoms with E-state index in [-0.39, 0.29) is 24.3 Å². The number of piperidine rings is 1. The van der Waals surface area contributed by atoms with Crippen LogP contribution in [0.1, 0.15) is 12.8 Å². The average Bonchev–Trinajstić information content (AvgIpc) is 2.35. The van der Waals surface area contributed by atoms with Gasteiger partial charge in [0, 0.05) is 20.8 Å². The molecule has 2 N–H and O–H groups in total. The highest BCUT2D eigenvalue weighted by Crippen LogP contribution is 2.13. The Balaban J connectivity index is 2.33. The summed E-state index contributed by atoms with van der Waals surface area (Å²) in [5, 5.41) is 3.22. The van der Waals surface area contributed by atoms with Crippen molar-refractivity contribution in [3.8, 4) is 0 Å². The molecule has 1 fully saturated rings. The Bertz CT molecular complexity index is 315. The van der Waals surface area contributed by atoms with Crippen molar-refractivity contribution < 1.29 is 17.9 Å². The summed E-state index contributed by atoms with van der Waals surface area (Å²) in [5.41, 5.74) is 0. The Morgan fingerprint density at radius 2 is 2.00 bits per heavy atom. The van der Waals surface area contributed by atoms with Crippen molar-refractivity contribution in [3.63, 3.8) is 0 Å². The van der Waals surface area contributed by atoms with Crippen LogP contribution in [0.15, 0.2) is 0 Å². The van der Waals surface area contributed by atoms with Gasteiger partial charge in [0.15, 0.2) is 0 Å². The van der Waals surface area contributed by atoms with Gasteiger partial charge in [-0.15, -0.1) is 0 Å². The highest BCUT2D eigenvalue weighted by molar-refractivity contribution is 7.89. The molecule has 1 atom stereocenters. The second-order valence-electron chi connectivity index (χ2n) is 4.64. The molecule has 1 rings (SSSR count). The topological polar surface area (TPSA) is 76.7 Å². The summed E-state index contributed by atoms with van der Waals surface area (Å²) in [4.78, 5) is 0. The third-order valence-electron chi connectivity index (χ3n) is 3.13. The number of methoxy groups -OCH3 is 2. The zero-order valence-electron chi connectivity index (χ0n) is 11.1. The number of sulfonamides is 1. The summed E-state index contributed by atoms with van der Waals surface area (Å²) in [5.74, 6) is 0.463. The molecule has 0 aromatic heterocycles. The normalized spacial score (nSPS) is 19.9. The fourth-order valence-corrected chi connectivity index (χ4v) is 3.55. The SMILES string of the molecule is COCC(CNS(=O)(=O)CC1CCNCC1)OC. The molecule has 0 amide bonds. The van der Waals surface area contributed by atoms with Crippen LogP contribution in [0.3, 0.4) is 0 Å². The van der Waals surface area contributed by atoms with Crippen LogP contribution < -0.4 is 10.0 Å². The molecule has 6 nitrogen and oxygen atoms in total. The van der Waals surface area contributed by atoms with Crippen molar-refractivity contribution in [2.24, 2.45) is 5.92 Å². The largest absolute Gasteiger partial charge is 0.382 e. The van der Waals surface area contributed by atoms with E-state index in [0.717, 1.165) is 25.9 Å². The van der Waals surface area contributed by atoms with Crippen molar-refractivity contribution in [3.05, 3.63) is 0 Å². The first kappa shape index (κ1) is 15.8. The molecule has 18 heavy (non-hydrogen) atoms. The van der Waals surface area contributed by atoms with Crippen molar-refractivity contribution >= 4 is 10.0 Å². The summed E-state index contributed by atoms with van der Waals surface area (Å²) < 4.78 is 36.4. The summed E-state index contributed by atoms with van der Waals surface area (Å²) >= 11 is 0. The first-order chi connectivity index (χ1) is 8.57. The molecule has 0 radical (unpaired) electrons. The van der Waals surface area contributed by atoms with E-state index in [9.17, 15) is 8.42 Å². The maximum atomic E-state index is 11.9. The van der Waals surface area contributed by atoms with Gasteiger partial charge in [-0.3, -0.25) is 0 Å². The zero-order chi connectivity index (χ0) is 13.4. The smallest absolute Gasteiger partial charge is 0.211 e. The Hall–Kier alpha value is -0.210. The molecule has 0 bridgehead atoms. The van der Waals surface area contributed by atoms with E-state index in [2.05, 4.69) is 10.0 Å². The van der Waals surface area contributed by atoms with E-state index in [0.29, 0.717) is 6.61 Å². The monoisotopic (exact) mass is 280 g/mol. The van der Waals surface area contributed by atoms with Crippen LogP contribution in [-0.2, 0) is 19.5 Å². The van der Waals surface area contributed by atoms with Gasteiger partial charge < -0.3 is 14.8 Å². The van der Waals surface area contributed by atoms with Gasteiger partial charge in [0.2, 0.25) is 10.0 Å². The molecule has 1 heterocycles. The van der Waals surface area contributed by atoms with E-state index in [1.54, 1.807) is 14.2 Å². The summed E-state index contributed by atoms with van der Waals surface area (Å²) in [6, 6.07) is 0. The molecule has 1 saturated heterocycles. The highest BCUT2D eigenvalue weighted by Gasteiger charge is 2.21. The van der Waals surface area contributed by atoms with E-state index in [1.165, 1.54) is 0 Å². The quantitative estimate of drug-likeness (QED) is 0.631. The van der Waals surface area contributed by atoms with Gasteiger partial charge in [0.05, 0.1) is 18.5 Å². The molecule has 0 saturated carbocycles. The molecule has 0 aromatic rings. The molecule has 0 spiro atoms. The van der Waals surface area contributed by atoms with Gasteiger partial charge in [0.25, 0.3) is 0 Å². The molecule has 1 aliphatic rings. The van der Waals surface area contributed by atoms with Crippen LogP contribution >= 0.6 is 0 Å². The molecule has 0 aliphatic carbocycles. The lowest BCUT2D eigenvalue weighted by Crippen LogP contribution is -2.40. The van der Waals surface area contributed by atoms with Gasteiger partial charge in [-0.25, -0.2) is 13.1 Å². The molecule has 108 valence electrons. The first-order valence-corrected chi connectivity index (χ1v) is 7.92. The van der Waals surface area contributed by atoms with Crippen LogP contribution in [0.4, 0.5) is 0 Å². The fraction of sp³-hybridized carbons (Fsp3) is 1.00. The number of ether oxygens (including phenoxy) is 2. The lowest BCUT2D eigenvalue weighted by atomic mass is 10.0. The number of rotatable bonds is 8. The number of hydrogen-bond acceptors (Lipinski definition) is 5. The van der Waals surface area contributed by atoms with E-state index in [1.807, 2.05) is 0 Å². The highest BCUT2D eigenvalue weighted by atomic mass is 32.2. The standard InChI is InChI=1S/C11H24N2O4S/c1-16-8-11(17-2)7-13-18(14,15)9-10-3-5-12-6-4-10/h10-13H,3-9H2,1-2H3. The van der Waals surface area contributed by atoms with Gasteiger partial charge in [-0.2, -0.15) is 0 Å². The Kier molecular flexibility index (Phi) is 7.10. The molecular weight excluding hydrogens is 256 g/mol. The predicted octanol–water partition coefficient (Wildman–Crippen LogP) is -0.433. The minimum Gasteiger partial charge on any atom is -0.382 e. The minimum absolute atomic E-state index is 0.206. The van der Waals surface area contributed by atoms with Crippen LogP contribution in [-0.4, -0.2) is 60.7 Å². The van der Waals surface area contributed by atoms with E-state index >= 15 is 0 Å². The zero-order valence-corrected chi connectivity index (χ0v) is 12.0. The third kappa shape index (κ3) is 6.10. The van der Waals surface area contributed by atoms with Crippen molar-refractivity contribution in [2.45, 2.75) is 18.9 Å². The molecule has 0 aromatic carbocycles. The maximum absolute atomic E-state index is 11.9. The summed E-state index contributed by atoms with van der Waals surface area (Å²) in [6.45, 7) is 2.46. The van der Waals surface area contributed by atoms with Crippen molar-refractivity contribution in [2.75, 3.05) is 46.2 Å². The third-order valence-corrected chi connectivity index (χ3v) is 4.65. The van der Waals surface area contributed by atoms with Crippen LogP contribution in [0.25, 0.3) is 0 Å². The number of nitrogens with one attached hydrogen (secondary N) is 2. The first-order valence-electron chi connectivity index (χ1n) is 6.27. The summed E-state index contributed by atoms with van der Waals surface area (Å²) in [6.07, 6.45) is 1.61. The fourth-order valence-electron chi connectivity index (χ4n) is 2.03. The van der Waals surface area contributed by atoms with Crippen molar-refractivity contribution in [1.82, 2.24) is 10.0 Å². The van der Waals surface area contributed by atoms with E-state index in [4.69, 9.17) is 9.47 Å². The molecule has 1 unspecified atom stereocenters. The van der Waals surface area contributed by atoms with Gasteiger partial charge in [-0.1, -0.05) is 0 Å². The predicted molar refractivity (Wildman–Crippen MR) is 70.1 cm³/mol. The lowest BCUT2D eigenvalue weighted by Gasteiger charge is -2.23. The lowest BCUT2D eigenvalue weighted by molar-refractivity contribution is 0.0320. The Labute approximate surface area is 109 Å². The Morgan fingerprint density at radius 3 is 2.56 bits per heavy atom. The molecular formula is C11H24N2O4S. The second-order valence-corrected chi connectivity index (χ2v) is 6.49. The molecule has 7 heteroatoms.